The van der Waals surface area contributed by atoms with Gasteiger partial charge in [0.25, 0.3) is 0 Å². The van der Waals surface area contributed by atoms with E-state index in [0.717, 1.165) is 69.7 Å². The molecule has 0 bridgehead atoms. The van der Waals surface area contributed by atoms with Crippen LogP contribution in [0.2, 0.25) is 0 Å². The molecule has 0 saturated carbocycles. The van der Waals surface area contributed by atoms with Crippen LogP contribution in [-0.2, 0) is 0 Å². The lowest BCUT2D eigenvalue weighted by Crippen LogP contribution is -2.41. The zero-order chi connectivity index (χ0) is 31.2. The molecule has 0 fully saturated rings. The maximum Gasteiger partial charge on any atom is 0.198 e. The minimum Gasteiger partial charge on any atom is -0.453 e. The molecule has 0 atom stereocenters. The maximum atomic E-state index is 6.46. The standard InChI is InChI=1S/C42H30BN3O/c1-4-15-29(16-5-1)45(30-17-6-2-7-18-30)32-27-34(33-21-14-26-40-42(33)44-36-23-11-13-25-39(36)47-40)41-38(28-32)46(31-19-8-3-9-20-31)37-24-12-10-22-35(37)43-41/h1-28,43-44H. The van der Waals surface area contributed by atoms with Crippen LogP contribution >= 0.6 is 0 Å². The Bertz CT molecular complexity index is 2200. The molecule has 5 heteroatoms. The first-order valence-electron chi connectivity index (χ1n) is 16.0. The van der Waals surface area contributed by atoms with Crippen molar-refractivity contribution in [3.63, 3.8) is 0 Å². The monoisotopic (exact) mass is 603 g/mol. The summed E-state index contributed by atoms with van der Waals surface area (Å²) in [6.07, 6.45) is 0. The van der Waals surface area contributed by atoms with Crippen LogP contribution < -0.4 is 30.8 Å². The third kappa shape index (κ3) is 4.72. The van der Waals surface area contributed by atoms with Crippen LogP contribution in [0.3, 0.4) is 0 Å². The van der Waals surface area contributed by atoms with E-state index >= 15 is 0 Å². The number of benzene rings is 7. The average Bonchev–Trinajstić information content (AvgIpc) is 3.14. The van der Waals surface area contributed by atoms with Crippen molar-refractivity contribution < 1.29 is 4.74 Å². The molecular formula is C42H30BN3O. The van der Waals surface area contributed by atoms with Crippen LogP contribution in [0.15, 0.2) is 170 Å². The number of nitrogens with zero attached hydrogens (tertiary/aromatic N) is 2. The van der Waals surface area contributed by atoms with E-state index in [0.29, 0.717) is 0 Å². The van der Waals surface area contributed by atoms with E-state index < -0.39 is 0 Å². The highest BCUT2D eigenvalue weighted by atomic mass is 16.5. The average molecular weight is 604 g/mol. The Hall–Kier alpha value is -6.20. The molecule has 1 N–H and O–H groups in total. The Kier molecular flexibility index (Phi) is 6.53. The predicted octanol–water partition coefficient (Wildman–Crippen LogP) is 9.84. The number of hydrogen-bond acceptors (Lipinski definition) is 4. The van der Waals surface area contributed by atoms with Crippen LogP contribution in [0.5, 0.6) is 11.5 Å². The Morgan fingerprint density at radius 2 is 1.15 bits per heavy atom. The normalized spacial score (nSPS) is 12.3. The Morgan fingerprint density at radius 1 is 0.511 bits per heavy atom. The lowest BCUT2D eigenvalue weighted by Gasteiger charge is -2.37. The second-order valence-corrected chi connectivity index (χ2v) is 11.9. The zero-order valence-electron chi connectivity index (χ0n) is 25.7. The van der Waals surface area contributed by atoms with Gasteiger partial charge in [-0.15, -0.1) is 0 Å². The minimum absolute atomic E-state index is 0.808. The molecular weight excluding hydrogens is 573 g/mol. The van der Waals surface area contributed by atoms with Crippen molar-refractivity contribution in [2.24, 2.45) is 0 Å². The van der Waals surface area contributed by atoms with Crippen molar-refractivity contribution >= 4 is 63.7 Å². The quantitative estimate of drug-likeness (QED) is 0.198. The van der Waals surface area contributed by atoms with Crippen molar-refractivity contribution in [2.75, 3.05) is 15.1 Å². The fraction of sp³-hybridized carbons (Fsp3) is 0. The van der Waals surface area contributed by atoms with Crippen LogP contribution in [0.1, 0.15) is 0 Å². The van der Waals surface area contributed by atoms with E-state index in [1.807, 2.05) is 24.3 Å². The van der Waals surface area contributed by atoms with Crippen molar-refractivity contribution in [3.05, 3.63) is 170 Å². The number of nitrogens with one attached hydrogen (secondary N) is 1. The number of fused-ring (bicyclic) bond motifs is 4. The third-order valence-corrected chi connectivity index (χ3v) is 9.04. The van der Waals surface area contributed by atoms with Crippen LogP contribution in [0, 0.1) is 0 Å². The van der Waals surface area contributed by atoms with Gasteiger partial charge in [0.2, 0.25) is 0 Å². The molecule has 9 rings (SSSR count). The summed E-state index contributed by atoms with van der Waals surface area (Å²) in [5.74, 6) is 1.65. The highest BCUT2D eigenvalue weighted by Crippen LogP contribution is 2.49. The van der Waals surface area contributed by atoms with Crippen LogP contribution in [0.4, 0.5) is 45.5 Å². The summed E-state index contributed by atoms with van der Waals surface area (Å²) < 4.78 is 6.46. The SMILES string of the molecule is B1c2ccccc2N(c2ccccc2)c2cc(N(c3ccccc3)c3ccccc3)cc(-c3cccc4c3Nc3ccccc3O4)c21. The van der Waals surface area contributed by atoms with Gasteiger partial charge in [0.15, 0.2) is 18.8 Å². The van der Waals surface area contributed by atoms with E-state index in [1.54, 1.807) is 0 Å². The van der Waals surface area contributed by atoms with Crippen molar-refractivity contribution in [1.29, 1.82) is 0 Å². The van der Waals surface area contributed by atoms with Gasteiger partial charge in [0.05, 0.1) is 11.4 Å². The highest BCUT2D eigenvalue weighted by molar-refractivity contribution is 6.73. The summed E-state index contributed by atoms with van der Waals surface area (Å²) in [5.41, 5.74) is 13.5. The largest absolute Gasteiger partial charge is 0.453 e. The molecule has 7 aromatic rings. The van der Waals surface area contributed by atoms with Gasteiger partial charge in [-0.05, 0) is 83.8 Å². The first-order valence-corrected chi connectivity index (χ1v) is 16.0. The molecule has 4 nitrogen and oxygen atoms in total. The Balaban J connectivity index is 1.34. The fourth-order valence-corrected chi connectivity index (χ4v) is 6.93. The van der Waals surface area contributed by atoms with Crippen molar-refractivity contribution in [2.45, 2.75) is 0 Å². The van der Waals surface area contributed by atoms with Gasteiger partial charge in [-0.25, -0.2) is 0 Å². The molecule has 222 valence electrons. The number of para-hydroxylation sites is 7. The number of rotatable bonds is 5. The molecule has 2 heterocycles. The molecule has 7 aromatic carbocycles. The summed E-state index contributed by atoms with van der Waals surface area (Å²) in [5, 5.41) is 3.74. The minimum atomic E-state index is 0.808. The third-order valence-electron chi connectivity index (χ3n) is 9.04. The number of hydrogen-bond donors (Lipinski definition) is 1. The van der Waals surface area contributed by atoms with Gasteiger partial charge in [-0.3, -0.25) is 0 Å². The zero-order valence-corrected chi connectivity index (χ0v) is 25.7. The van der Waals surface area contributed by atoms with Gasteiger partial charge < -0.3 is 19.9 Å². The van der Waals surface area contributed by atoms with Gasteiger partial charge in [-0.2, -0.15) is 0 Å². The number of ether oxygens (including phenoxy) is 1. The van der Waals surface area contributed by atoms with E-state index in [4.69, 9.17) is 4.74 Å². The highest BCUT2D eigenvalue weighted by Gasteiger charge is 2.31. The summed E-state index contributed by atoms with van der Waals surface area (Å²) >= 11 is 0. The van der Waals surface area contributed by atoms with Gasteiger partial charge in [-0.1, -0.05) is 103 Å². The van der Waals surface area contributed by atoms with E-state index in [-0.39, 0.29) is 0 Å². The van der Waals surface area contributed by atoms with E-state index in [9.17, 15) is 0 Å². The molecule has 0 aromatic heterocycles. The van der Waals surface area contributed by atoms with Crippen LogP contribution in [-0.4, -0.2) is 7.28 Å². The maximum absolute atomic E-state index is 6.46. The molecule has 0 radical (unpaired) electrons. The Labute approximate surface area is 275 Å². The Morgan fingerprint density at radius 3 is 1.91 bits per heavy atom. The summed E-state index contributed by atoms with van der Waals surface area (Å²) in [4.78, 5) is 4.77. The smallest absolute Gasteiger partial charge is 0.198 e. The van der Waals surface area contributed by atoms with E-state index in [2.05, 4.69) is 161 Å². The molecule has 0 spiro atoms. The molecule has 0 aliphatic carbocycles. The topological polar surface area (TPSA) is 27.7 Å². The van der Waals surface area contributed by atoms with Crippen molar-refractivity contribution in [1.82, 2.24) is 0 Å². The summed E-state index contributed by atoms with van der Waals surface area (Å²) in [6.45, 7) is 0. The van der Waals surface area contributed by atoms with Crippen LogP contribution in [0.25, 0.3) is 11.1 Å². The first-order chi connectivity index (χ1) is 23.3. The van der Waals surface area contributed by atoms with Gasteiger partial charge >= 0.3 is 0 Å². The van der Waals surface area contributed by atoms with E-state index in [1.165, 1.54) is 16.6 Å². The predicted molar refractivity (Wildman–Crippen MR) is 197 cm³/mol. The summed E-state index contributed by atoms with van der Waals surface area (Å²) in [7, 11) is 0.808. The molecule has 2 aliphatic rings. The van der Waals surface area contributed by atoms with Crippen molar-refractivity contribution in [3.8, 4) is 22.6 Å². The van der Waals surface area contributed by atoms with Gasteiger partial charge in [0.1, 0.15) is 0 Å². The second-order valence-electron chi connectivity index (χ2n) is 11.9. The fourth-order valence-electron chi connectivity index (χ4n) is 6.93. The molecule has 2 aliphatic heterocycles. The lowest BCUT2D eigenvalue weighted by atomic mass is 9.58. The second kappa shape index (κ2) is 11.3. The molecule has 0 amide bonds. The molecule has 47 heavy (non-hydrogen) atoms. The summed E-state index contributed by atoms with van der Waals surface area (Å²) in [6, 6.07) is 59.9. The molecule has 0 unspecified atom stereocenters. The van der Waals surface area contributed by atoms with Gasteiger partial charge in [0, 0.05) is 39.7 Å². The lowest BCUT2D eigenvalue weighted by molar-refractivity contribution is 0.481. The number of anilines is 8. The molecule has 0 saturated heterocycles. The first kappa shape index (κ1) is 27.1.